The first kappa shape index (κ1) is 19.2. The van der Waals surface area contributed by atoms with Crippen LogP contribution in [0.25, 0.3) is 0 Å². The number of benzene rings is 2. The summed E-state index contributed by atoms with van der Waals surface area (Å²) in [5, 5.41) is 6.08. The summed E-state index contributed by atoms with van der Waals surface area (Å²) in [5.41, 5.74) is 1.86. The van der Waals surface area contributed by atoms with Crippen LogP contribution in [0.15, 0.2) is 54.6 Å². The van der Waals surface area contributed by atoms with Crippen molar-refractivity contribution in [3.05, 3.63) is 60.2 Å². The van der Waals surface area contributed by atoms with E-state index in [2.05, 4.69) is 10.6 Å². The molecule has 0 unspecified atom stereocenters. The van der Waals surface area contributed by atoms with E-state index in [1.807, 2.05) is 61.5 Å². The third kappa shape index (κ3) is 5.46. The zero-order chi connectivity index (χ0) is 16.8. The van der Waals surface area contributed by atoms with E-state index in [0.717, 1.165) is 17.0 Å². The maximum Gasteiger partial charge on any atom is 0.244 e. The van der Waals surface area contributed by atoms with Crippen molar-refractivity contribution in [2.24, 2.45) is 0 Å². The van der Waals surface area contributed by atoms with Crippen LogP contribution in [0, 0.1) is 0 Å². The van der Waals surface area contributed by atoms with Crippen LogP contribution in [0.3, 0.4) is 0 Å². The quantitative estimate of drug-likeness (QED) is 0.858. The van der Waals surface area contributed by atoms with Gasteiger partial charge in [0.1, 0.15) is 18.4 Å². The molecule has 0 bridgehead atoms. The highest BCUT2D eigenvalue weighted by molar-refractivity contribution is 5.95. The van der Waals surface area contributed by atoms with Crippen molar-refractivity contribution < 1.29 is 14.3 Å². The lowest BCUT2D eigenvalue weighted by atomic mass is 10.1. The highest BCUT2D eigenvalue weighted by atomic mass is 35.5. The zero-order valence-electron chi connectivity index (χ0n) is 14.1. The molecule has 6 heteroatoms. The van der Waals surface area contributed by atoms with Crippen LogP contribution in [0.1, 0.15) is 12.5 Å². The largest absolute Gasteiger partial charge is 0.489 e. The molecule has 5 nitrogen and oxygen atoms in total. The number of carbonyl (C=O) groups is 1. The number of amides is 1. The second kappa shape index (κ2) is 9.42. The minimum Gasteiger partial charge on any atom is -0.489 e. The summed E-state index contributed by atoms with van der Waals surface area (Å²) < 4.78 is 11.2. The summed E-state index contributed by atoms with van der Waals surface area (Å²) in [7, 11) is 0. The number of hydrogen-bond acceptors (Lipinski definition) is 4. The van der Waals surface area contributed by atoms with Crippen molar-refractivity contribution in [2.75, 3.05) is 18.5 Å². The van der Waals surface area contributed by atoms with Crippen LogP contribution < -0.4 is 15.4 Å². The van der Waals surface area contributed by atoms with E-state index in [1.165, 1.54) is 0 Å². The number of rotatable bonds is 5. The number of nitrogens with one attached hydrogen (secondary N) is 2. The second-order valence-corrected chi connectivity index (χ2v) is 5.80. The summed E-state index contributed by atoms with van der Waals surface area (Å²) in [4.78, 5) is 12.3. The minimum atomic E-state index is -0.326. The van der Waals surface area contributed by atoms with Gasteiger partial charge in [-0.25, -0.2) is 0 Å². The molecule has 1 fully saturated rings. The second-order valence-electron chi connectivity index (χ2n) is 5.80. The molecular weight excluding hydrogens is 340 g/mol. The van der Waals surface area contributed by atoms with E-state index < -0.39 is 0 Å². The Bertz CT molecular complexity index is 664. The molecule has 0 spiro atoms. The first-order valence-electron chi connectivity index (χ1n) is 8.15. The molecule has 0 saturated carbocycles. The summed E-state index contributed by atoms with van der Waals surface area (Å²) in [5.74, 6) is 0.685. The molecule has 134 valence electrons. The molecule has 3 rings (SSSR count). The number of halogens is 1. The first-order valence-corrected chi connectivity index (χ1v) is 8.15. The van der Waals surface area contributed by atoms with E-state index in [9.17, 15) is 4.79 Å². The monoisotopic (exact) mass is 362 g/mol. The Morgan fingerprint density at radius 1 is 1.20 bits per heavy atom. The van der Waals surface area contributed by atoms with E-state index >= 15 is 0 Å². The molecule has 0 aromatic heterocycles. The van der Waals surface area contributed by atoms with E-state index in [4.69, 9.17) is 9.47 Å². The molecule has 25 heavy (non-hydrogen) atoms. The maximum absolute atomic E-state index is 12.3. The Morgan fingerprint density at radius 3 is 2.60 bits per heavy atom. The molecule has 1 aliphatic rings. The fourth-order valence-corrected chi connectivity index (χ4v) is 2.62. The lowest BCUT2D eigenvalue weighted by Crippen LogP contribution is -2.53. The number of ether oxygens (including phenoxy) is 2. The van der Waals surface area contributed by atoms with Crippen molar-refractivity contribution in [1.29, 1.82) is 0 Å². The fourth-order valence-electron chi connectivity index (χ4n) is 2.62. The highest BCUT2D eigenvalue weighted by Gasteiger charge is 2.28. The summed E-state index contributed by atoms with van der Waals surface area (Å²) in [6, 6.07) is 17.1. The van der Waals surface area contributed by atoms with Crippen LogP contribution >= 0.6 is 12.4 Å². The Balaban J connectivity index is 0.00000225. The predicted molar refractivity (Wildman–Crippen MR) is 100 cm³/mol. The van der Waals surface area contributed by atoms with Gasteiger partial charge in [0.15, 0.2) is 0 Å². The fraction of sp³-hybridized carbons (Fsp3) is 0.316. The molecule has 2 atom stereocenters. The minimum absolute atomic E-state index is 0. The highest BCUT2D eigenvalue weighted by Crippen LogP contribution is 2.18. The van der Waals surface area contributed by atoms with Gasteiger partial charge in [-0.1, -0.05) is 30.3 Å². The molecule has 2 N–H and O–H groups in total. The van der Waals surface area contributed by atoms with Gasteiger partial charge in [-0.05, 0) is 36.8 Å². The van der Waals surface area contributed by atoms with Gasteiger partial charge in [-0.3, -0.25) is 4.79 Å². The summed E-state index contributed by atoms with van der Waals surface area (Å²) in [6.45, 7) is 3.75. The lowest BCUT2D eigenvalue weighted by molar-refractivity contribution is -0.123. The average Bonchev–Trinajstić information content (AvgIpc) is 2.62. The van der Waals surface area contributed by atoms with Crippen molar-refractivity contribution in [3.63, 3.8) is 0 Å². The predicted octanol–water partition coefficient (Wildman–Crippen LogP) is 3.00. The Labute approximate surface area is 154 Å². The number of carbonyl (C=O) groups excluding carboxylic acids is 1. The van der Waals surface area contributed by atoms with Crippen LogP contribution in [-0.2, 0) is 16.1 Å². The summed E-state index contributed by atoms with van der Waals surface area (Å²) >= 11 is 0. The number of anilines is 1. The van der Waals surface area contributed by atoms with Crippen molar-refractivity contribution >= 4 is 24.0 Å². The van der Waals surface area contributed by atoms with E-state index in [0.29, 0.717) is 19.8 Å². The number of morpholine rings is 1. The van der Waals surface area contributed by atoms with Gasteiger partial charge in [-0.2, -0.15) is 0 Å². The first-order chi connectivity index (χ1) is 11.7. The van der Waals surface area contributed by atoms with Crippen molar-refractivity contribution in [3.8, 4) is 5.75 Å². The molecule has 2 aromatic rings. The standard InChI is InChI=1S/C19H22N2O3.ClH/c1-14-18(20-11-12-23-14)19(22)21-16-7-9-17(10-8-16)24-13-15-5-3-2-4-6-15;/h2-10,14,18,20H,11-13H2,1H3,(H,21,22);1H/t14-,18+;/m1./s1. The van der Waals surface area contributed by atoms with Crippen LogP contribution in [-0.4, -0.2) is 31.2 Å². The average molecular weight is 363 g/mol. The van der Waals surface area contributed by atoms with Crippen LogP contribution in [0.5, 0.6) is 5.75 Å². The summed E-state index contributed by atoms with van der Waals surface area (Å²) in [6.07, 6.45) is -0.132. The van der Waals surface area contributed by atoms with Gasteiger partial charge >= 0.3 is 0 Å². The van der Waals surface area contributed by atoms with E-state index in [-0.39, 0.29) is 30.5 Å². The SMILES string of the molecule is C[C@H]1OCCN[C@@H]1C(=O)Nc1ccc(OCc2ccccc2)cc1.Cl. The molecule has 1 saturated heterocycles. The van der Waals surface area contributed by atoms with Crippen molar-refractivity contribution in [1.82, 2.24) is 5.32 Å². The molecule has 0 radical (unpaired) electrons. The molecular formula is C19H23ClN2O3. The van der Waals surface area contributed by atoms with Crippen molar-refractivity contribution in [2.45, 2.75) is 25.7 Å². The van der Waals surface area contributed by atoms with Crippen LogP contribution in [0.4, 0.5) is 5.69 Å². The smallest absolute Gasteiger partial charge is 0.244 e. The topological polar surface area (TPSA) is 59.6 Å². The Morgan fingerprint density at radius 2 is 1.92 bits per heavy atom. The third-order valence-corrected chi connectivity index (χ3v) is 3.97. The molecule has 1 aliphatic heterocycles. The van der Waals surface area contributed by atoms with Gasteiger partial charge < -0.3 is 20.1 Å². The van der Waals surface area contributed by atoms with Gasteiger partial charge in [-0.15, -0.1) is 12.4 Å². The van der Waals surface area contributed by atoms with E-state index in [1.54, 1.807) is 0 Å². The normalized spacial score (nSPS) is 19.6. The molecule has 1 amide bonds. The Kier molecular flexibility index (Phi) is 7.25. The third-order valence-electron chi connectivity index (χ3n) is 3.97. The zero-order valence-corrected chi connectivity index (χ0v) is 14.9. The molecule has 1 heterocycles. The van der Waals surface area contributed by atoms with Gasteiger partial charge in [0.05, 0.1) is 12.7 Å². The number of hydrogen-bond donors (Lipinski definition) is 2. The van der Waals surface area contributed by atoms with Gasteiger partial charge in [0.2, 0.25) is 5.91 Å². The van der Waals surface area contributed by atoms with Gasteiger partial charge in [0.25, 0.3) is 0 Å². The van der Waals surface area contributed by atoms with Gasteiger partial charge in [0, 0.05) is 12.2 Å². The molecule has 2 aromatic carbocycles. The Hall–Kier alpha value is -2.08. The molecule has 0 aliphatic carbocycles. The lowest BCUT2D eigenvalue weighted by Gasteiger charge is -2.29. The van der Waals surface area contributed by atoms with Crippen LogP contribution in [0.2, 0.25) is 0 Å². The maximum atomic E-state index is 12.3.